The van der Waals surface area contributed by atoms with Gasteiger partial charge in [0.15, 0.2) is 0 Å². The lowest BCUT2D eigenvalue weighted by Gasteiger charge is -2.22. The Morgan fingerprint density at radius 3 is 1.56 bits per heavy atom. The minimum atomic E-state index is -0.0665. The molecule has 1 heterocycles. The number of allylic oxidation sites excluding steroid dienone is 2. The zero-order valence-electron chi connectivity index (χ0n) is 34.3. The predicted octanol–water partition coefficient (Wildman–Crippen LogP) is 10.8. The molecule has 1 aromatic rings. The normalized spacial score (nSPS) is 11.9. The summed E-state index contributed by atoms with van der Waals surface area (Å²) in [5.41, 5.74) is 1.29. The maximum absolute atomic E-state index is 12.0. The molecule has 0 saturated carbocycles. The molecule has 300 valence electrons. The van der Waals surface area contributed by atoms with Gasteiger partial charge in [0.05, 0.1) is 12.7 Å². The summed E-state index contributed by atoms with van der Waals surface area (Å²) in [7, 11) is 4.20. The number of carbonyl (C=O) groups is 2. The van der Waals surface area contributed by atoms with Crippen LogP contribution < -0.4 is 0 Å². The van der Waals surface area contributed by atoms with Crippen molar-refractivity contribution < 1.29 is 19.1 Å². The lowest BCUT2D eigenvalue weighted by molar-refractivity contribution is -0.143. The first kappa shape index (κ1) is 47.6. The van der Waals surface area contributed by atoms with E-state index in [1.54, 1.807) is 0 Å². The fourth-order valence-corrected chi connectivity index (χ4v) is 6.24. The van der Waals surface area contributed by atoms with Crippen molar-refractivity contribution in [2.75, 3.05) is 46.9 Å². The summed E-state index contributed by atoms with van der Waals surface area (Å²) < 4.78 is 12.8. The molecule has 0 spiro atoms. The van der Waals surface area contributed by atoms with Crippen LogP contribution in [0.5, 0.6) is 0 Å². The van der Waals surface area contributed by atoms with Gasteiger partial charge in [0.1, 0.15) is 13.2 Å². The molecule has 0 saturated heterocycles. The second-order valence-electron chi connectivity index (χ2n) is 14.9. The van der Waals surface area contributed by atoms with E-state index in [1.807, 2.05) is 18.3 Å². The smallest absolute Gasteiger partial charge is 0.306 e. The van der Waals surface area contributed by atoms with Crippen LogP contribution in [0.1, 0.15) is 174 Å². The van der Waals surface area contributed by atoms with Gasteiger partial charge in [-0.3, -0.25) is 19.2 Å². The Kier molecular flexibility index (Phi) is 32.5. The summed E-state index contributed by atoms with van der Waals surface area (Å²) in [4.78, 5) is 28.9. The number of esters is 2. The number of ether oxygens (including phenoxy) is 2. The lowest BCUT2D eigenvalue weighted by atomic mass is 10.1. The Bertz CT molecular complexity index is 968. The second kappa shape index (κ2) is 35.6. The average Bonchev–Trinajstić information content (AvgIpc) is 3.58. The number of likely N-dealkylation sites (N-methyl/N-ethyl adjacent to an activating group) is 1. The fourth-order valence-electron chi connectivity index (χ4n) is 6.24. The Balaban J connectivity index is 2.23. The van der Waals surface area contributed by atoms with E-state index in [2.05, 4.69) is 65.9 Å². The fraction of sp³-hybridized carbons (Fsp3) is 0.795. The Morgan fingerprint density at radius 1 is 0.615 bits per heavy atom. The van der Waals surface area contributed by atoms with Crippen LogP contribution in [-0.2, 0) is 32.2 Å². The Morgan fingerprint density at radius 2 is 1.08 bits per heavy atom. The van der Waals surface area contributed by atoms with Gasteiger partial charge in [-0.25, -0.2) is 0 Å². The molecule has 52 heavy (non-hydrogen) atoms. The van der Waals surface area contributed by atoms with Crippen molar-refractivity contribution >= 4 is 11.9 Å². The van der Waals surface area contributed by atoms with Crippen molar-refractivity contribution in [1.29, 1.82) is 0 Å². The maximum atomic E-state index is 12.0. The van der Waals surface area contributed by atoms with Crippen molar-refractivity contribution in [1.82, 2.24) is 19.6 Å². The molecule has 1 aromatic heterocycles. The number of unbranched alkanes of at least 4 members (excludes halogenated alkanes) is 18. The van der Waals surface area contributed by atoms with Gasteiger partial charge in [0.25, 0.3) is 0 Å². The number of nitrogens with zero attached hydrogens (tertiary/aromatic N) is 4. The third-order valence-corrected chi connectivity index (χ3v) is 9.54. The largest absolute Gasteiger partial charge is 0.461 e. The van der Waals surface area contributed by atoms with E-state index < -0.39 is 0 Å². The molecule has 8 nitrogen and oxygen atoms in total. The summed E-state index contributed by atoms with van der Waals surface area (Å²) >= 11 is 0. The number of rotatable bonds is 37. The number of carbonyl (C=O) groups excluding carboxylic acids is 2. The quantitative estimate of drug-likeness (QED) is 0.0383. The highest BCUT2D eigenvalue weighted by atomic mass is 16.5. The first-order valence-electron chi connectivity index (χ1n) is 21.4. The van der Waals surface area contributed by atoms with Crippen molar-refractivity contribution in [3.63, 3.8) is 0 Å². The zero-order chi connectivity index (χ0) is 37.7. The molecule has 0 aromatic carbocycles. The van der Waals surface area contributed by atoms with Crippen LogP contribution in [0.2, 0.25) is 0 Å². The van der Waals surface area contributed by atoms with Crippen LogP contribution >= 0.6 is 0 Å². The van der Waals surface area contributed by atoms with E-state index in [4.69, 9.17) is 9.47 Å². The molecule has 0 amide bonds. The Labute approximate surface area is 320 Å². The van der Waals surface area contributed by atoms with Crippen LogP contribution in [0.15, 0.2) is 36.7 Å². The minimum Gasteiger partial charge on any atom is -0.461 e. The highest BCUT2D eigenvalue weighted by Gasteiger charge is 2.09. The molecular formula is C44H80N4O4. The molecule has 0 N–H and O–H groups in total. The molecule has 0 radical (unpaired) electrons. The van der Waals surface area contributed by atoms with Gasteiger partial charge in [0, 0.05) is 37.7 Å². The first-order valence-corrected chi connectivity index (χ1v) is 21.4. The van der Waals surface area contributed by atoms with E-state index in [9.17, 15) is 9.59 Å². The third-order valence-electron chi connectivity index (χ3n) is 9.54. The van der Waals surface area contributed by atoms with Gasteiger partial charge in [-0.05, 0) is 78.6 Å². The second-order valence-corrected chi connectivity index (χ2v) is 14.9. The number of hydrogen-bond donors (Lipinski definition) is 0. The summed E-state index contributed by atoms with van der Waals surface area (Å²) in [6.07, 6.45) is 39.5. The van der Waals surface area contributed by atoms with Crippen molar-refractivity contribution in [2.24, 2.45) is 0 Å². The Hall–Kier alpha value is -2.45. The monoisotopic (exact) mass is 729 g/mol. The molecule has 0 aliphatic heterocycles. The van der Waals surface area contributed by atoms with Gasteiger partial charge in [0.2, 0.25) is 0 Å². The van der Waals surface area contributed by atoms with Crippen LogP contribution in [0.4, 0.5) is 0 Å². The molecule has 0 atom stereocenters. The van der Waals surface area contributed by atoms with E-state index in [0.717, 1.165) is 71.2 Å². The summed E-state index contributed by atoms with van der Waals surface area (Å²) in [6.45, 7) is 10.3. The van der Waals surface area contributed by atoms with Gasteiger partial charge in [-0.2, -0.15) is 5.10 Å². The van der Waals surface area contributed by atoms with Gasteiger partial charge >= 0.3 is 11.9 Å². The molecule has 0 aliphatic rings. The molecule has 0 unspecified atom stereocenters. The summed E-state index contributed by atoms with van der Waals surface area (Å²) in [5, 5.41) is 4.61. The van der Waals surface area contributed by atoms with Gasteiger partial charge in [-0.1, -0.05) is 128 Å². The number of hydrogen-bond acceptors (Lipinski definition) is 7. The molecule has 0 bridgehead atoms. The van der Waals surface area contributed by atoms with E-state index in [1.165, 1.54) is 108 Å². The van der Waals surface area contributed by atoms with Crippen LogP contribution in [0.25, 0.3) is 0 Å². The van der Waals surface area contributed by atoms with Crippen LogP contribution in [0.3, 0.4) is 0 Å². The highest BCUT2D eigenvalue weighted by Crippen LogP contribution is 2.14. The summed E-state index contributed by atoms with van der Waals surface area (Å²) in [6, 6.07) is 0. The average molecular weight is 729 g/mol. The first-order chi connectivity index (χ1) is 25.4. The molecule has 0 aliphatic carbocycles. The van der Waals surface area contributed by atoms with Crippen molar-refractivity contribution in [2.45, 2.75) is 181 Å². The molecule has 0 fully saturated rings. The molecular weight excluding hydrogens is 649 g/mol. The van der Waals surface area contributed by atoms with E-state index >= 15 is 0 Å². The third kappa shape index (κ3) is 31.1. The number of aromatic nitrogens is 2. The van der Waals surface area contributed by atoms with Gasteiger partial charge in [-0.15, -0.1) is 0 Å². The van der Waals surface area contributed by atoms with E-state index in [0.29, 0.717) is 26.1 Å². The SMILES string of the molecule is CCCCCC/C=C\COC(=O)CCCCCCCCN(CCCCCCCCC(=O)OC/C=C\CCCCCC)Cc1cnn(CCN(C)C)c1. The van der Waals surface area contributed by atoms with Gasteiger partial charge < -0.3 is 14.4 Å². The highest BCUT2D eigenvalue weighted by molar-refractivity contribution is 5.69. The predicted molar refractivity (Wildman–Crippen MR) is 218 cm³/mol. The standard InChI is InChI=1S/C44H80N4O4/c1-5-7-9-11-17-23-29-37-51-43(49)31-25-19-13-15-21-27-33-47(40-42-39-45-48(41-42)36-35-46(3)4)34-28-22-16-14-20-26-32-44(50)52-38-30-24-18-12-10-8-6-2/h23-24,29-30,39,41H,5-22,25-28,31-38,40H2,1-4H3/b29-23-,30-24-. The van der Waals surface area contributed by atoms with Crippen LogP contribution in [-0.4, -0.2) is 78.5 Å². The van der Waals surface area contributed by atoms with Crippen LogP contribution in [0, 0.1) is 0 Å². The lowest BCUT2D eigenvalue weighted by Crippen LogP contribution is -2.25. The molecule has 8 heteroatoms. The van der Waals surface area contributed by atoms with Crippen molar-refractivity contribution in [3.05, 3.63) is 42.3 Å². The molecule has 1 rings (SSSR count). The maximum Gasteiger partial charge on any atom is 0.306 e. The van der Waals surface area contributed by atoms with Crippen molar-refractivity contribution in [3.8, 4) is 0 Å². The summed E-state index contributed by atoms with van der Waals surface area (Å²) in [5.74, 6) is -0.133. The minimum absolute atomic E-state index is 0.0665. The van der Waals surface area contributed by atoms with E-state index in [-0.39, 0.29) is 11.9 Å². The zero-order valence-corrected chi connectivity index (χ0v) is 34.3. The topological polar surface area (TPSA) is 76.9 Å².